The van der Waals surface area contributed by atoms with Gasteiger partial charge in [-0.15, -0.1) is 0 Å². The Morgan fingerprint density at radius 2 is 1.85 bits per heavy atom. The molecule has 0 heterocycles. The minimum absolute atomic E-state index is 0.00537. The standard InChI is InChI=1S/C17H22N2O/c1-4-7-12(2)19(3)17(20)15-10-13-8-5-6-9-14(13)11-16(15)18/h5-6,8-12H,4,7,18H2,1-3H3. The van der Waals surface area contributed by atoms with E-state index in [4.69, 9.17) is 5.73 Å². The molecule has 106 valence electrons. The topological polar surface area (TPSA) is 46.3 Å². The maximum Gasteiger partial charge on any atom is 0.255 e. The number of rotatable bonds is 4. The van der Waals surface area contributed by atoms with Crippen LogP contribution in [-0.4, -0.2) is 23.9 Å². The molecule has 20 heavy (non-hydrogen) atoms. The lowest BCUT2D eigenvalue weighted by atomic mass is 10.0. The summed E-state index contributed by atoms with van der Waals surface area (Å²) in [5, 5.41) is 2.10. The summed E-state index contributed by atoms with van der Waals surface area (Å²) < 4.78 is 0. The molecule has 0 radical (unpaired) electrons. The smallest absolute Gasteiger partial charge is 0.255 e. The number of nitrogens with zero attached hydrogens (tertiary/aromatic N) is 1. The Hall–Kier alpha value is -2.03. The van der Waals surface area contributed by atoms with E-state index >= 15 is 0 Å². The van der Waals surface area contributed by atoms with Crippen LogP contribution in [0.25, 0.3) is 10.8 Å². The van der Waals surface area contributed by atoms with Gasteiger partial charge in [0.05, 0.1) is 5.56 Å². The Morgan fingerprint density at radius 1 is 1.25 bits per heavy atom. The first-order valence-corrected chi connectivity index (χ1v) is 7.10. The molecule has 3 nitrogen and oxygen atoms in total. The molecule has 3 heteroatoms. The van der Waals surface area contributed by atoms with Crippen LogP contribution in [0.3, 0.4) is 0 Å². The molecule has 2 N–H and O–H groups in total. The van der Waals surface area contributed by atoms with Gasteiger partial charge in [-0.05, 0) is 36.2 Å². The van der Waals surface area contributed by atoms with Crippen LogP contribution in [0.2, 0.25) is 0 Å². The quantitative estimate of drug-likeness (QED) is 0.861. The van der Waals surface area contributed by atoms with E-state index in [2.05, 4.69) is 13.8 Å². The molecule has 0 aliphatic heterocycles. The number of amides is 1. The molecule has 0 bridgehead atoms. The number of hydrogen-bond acceptors (Lipinski definition) is 2. The van der Waals surface area contributed by atoms with E-state index in [0.29, 0.717) is 11.3 Å². The molecule has 0 saturated carbocycles. The Balaban J connectivity index is 2.36. The van der Waals surface area contributed by atoms with Gasteiger partial charge in [0.2, 0.25) is 0 Å². The predicted molar refractivity (Wildman–Crippen MR) is 84.8 cm³/mol. The molecular weight excluding hydrogens is 248 g/mol. The Morgan fingerprint density at radius 3 is 2.45 bits per heavy atom. The fourth-order valence-corrected chi connectivity index (χ4v) is 2.44. The first kappa shape index (κ1) is 14.4. The maximum atomic E-state index is 12.6. The summed E-state index contributed by atoms with van der Waals surface area (Å²) in [7, 11) is 1.84. The molecule has 0 aromatic heterocycles. The summed E-state index contributed by atoms with van der Waals surface area (Å²) >= 11 is 0. The highest BCUT2D eigenvalue weighted by Crippen LogP contribution is 2.23. The van der Waals surface area contributed by atoms with Crippen LogP contribution in [0.15, 0.2) is 36.4 Å². The largest absolute Gasteiger partial charge is 0.398 e. The van der Waals surface area contributed by atoms with Gasteiger partial charge in [-0.25, -0.2) is 0 Å². The van der Waals surface area contributed by atoms with E-state index in [1.54, 1.807) is 4.90 Å². The molecule has 2 rings (SSSR count). The molecule has 0 fully saturated rings. The lowest BCUT2D eigenvalue weighted by molar-refractivity contribution is 0.0738. The number of carbonyl (C=O) groups is 1. The fourth-order valence-electron chi connectivity index (χ4n) is 2.44. The molecule has 0 spiro atoms. The fraction of sp³-hybridized carbons (Fsp3) is 0.353. The second kappa shape index (κ2) is 5.95. The zero-order valence-electron chi connectivity index (χ0n) is 12.4. The van der Waals surface area contributed by atoms with E-state index in [9.17, 15) is 4.79 Å². The molecule has 2 aromatic rings. The van der Waals surface area contributed by atoms with Crippen LogP contribution in [0.1, 0.15) is 37.0 Å². The minimum Gasteiger partial charge on any atom is -0.398 e. The third-order valence-corrected chi connectivity index (χ3v) is 3.84. The lowest BCUT2D eigenvalue weighted by Gasteiger charge is -2.25. The highest BCUT2D eigenvalue weighted by Gasteiger charge is 2.19. The summed E-state index contributed by atoms with van der Waals surface area (Å²) in [6.45, 7) is 4.19. The molecule has 0 saturated heterocycles. The van der Waals surface area contributed by atoms with Gasteiger partial charge in [0, 0.05) is 18.8 Å². The van der Waals surface area contributed by atoms with Crippen molar-refractivity contribution in [3.05, 3.63) is 42.0 Å². The van der Waals surface area contributed by atoms with Gasteiger partial charge in [-0.1, -0.05) is 37.6 Å². The average Bonchev–Trinajstić information content (AvgIpc) is 2.45. The molecule has 1 unspecified atom stereocenters. The third kappa shape index (κ3) is 2.77. The van der Waals surface area contributed by atoms with Crippen LogP contribution in [-0.2, 0) is 0 Å². The second-order valence-corrected chi connectivity index (χ2v) is 5.34. The van der Waals surface area contributed by atoms with Crippen molar-refractivity contribution in [3.8, 4) is 0 Å². The van der Waals surface area contributed by atoms with Gasteiger partial charge in [-0.2, -0.15) is 0 Å². The number of carbonyl (C=O) groups excluding carboxylic acids is 1. The van der Waals surface area contributed by atoms with Crippen molar-refractivity contribution in [2.24, 2.45) is 0 Å². The van der Waals surface area contributed by atoms with Gasteiger partial charge in [0.1, 0.15) is 0 Å². The van der Waals surface area contributed by atoms with Crippen LogP contribution < -0.4 is 5.73 Å². The zero-order chi connectivity index (χ0) is 14.7. The van der Waals surface area contributed by atoms with Gasteiger partial charge < -0.3 is 10.6 Å². The number of fused-ring (bicyclic) bond motifs is 1. The highest BCUT2D eigenvalue weighted by atomic mass is 16.2. The molecular formula is C17H22N2O. The van der Waals surface area contributed by atoms with E-state index < -0.39 is 0 Å². The van der Waals surface area contributed by atoms with E-state index in [1.807, 2.05) is 43.4 Å². The summed E-state index contributed by atoms with van der Waals surface area (Å²) in [4.78, 5) is 14.4. The zero-order valence-corrected chi connectivity index (χ0v) is 12.4. The van der Waals surface area contributed by atoms with E-state index in [1.165, 1.54) is 0 Å². The Kier molecular flexibility index (Phi) is 4.28. The molecule has 1 amide bonds. The van der Waals surface area contributed by atoms with Crippen molar-refractivity contribution < 1.29 is 4.79 Å². The summed E-state index contributed by atoms with van der Waals surface area (Å²) in [5.74, 6) is -0.00537. The molecule has 0 aliphatic carbocycles. The van der Waals surface area contributed by atoms with E-state index in [-0.39, 0.29) is 11.9 Å². The molecule has 0 aliphatic rings. The van der Waals surface area contributed by atoms with Crippen molar-refractivity contribution in [2.45, 2.75) is 32.7 Å². The monoisotopic (exact) mass is 270 g/mol. The van der Waals surface area contributed by atoms with Crippen molar-refractivity contribution in [1.82, 2.24) is 4.90 Å². The molecule has 2 aromatic carbocycles. The van der Waals surface area contributed by atoms with Crippen molar-refractivity contribution in [2.75, 3.05) is 12.8 Å². The van der Waals surface area contributed by atoms with Crippen molar-refractivity contribution >= 4 is 22.4 Å². The highest BCUT2D eigenvalue weighted by molar-refractivity contribution is 6.03. The number of anilines is 1. The maximum absolute atomic E-state index is 12.6. The SMILES string of the molecule is CCCC(C)N(C)C(=O)c1cc2ccccc2cc1N. The van der Waals surface area contributed by atoms with Gasteiger partial charge in [0.25, 0.3) is 5.91 Å². The van der Waals surface area contributed by atoms with Crippen LogP contribution in [0, 0.1) is 0 Å². The number of nitrogens with two attached hydrogens (primary N) is 1. The predicted octanol–water partition coefficient (Wildman–Crippen LogP) is 3.68. The van der Waals surface area contributed by atoms with Crippen molar-refractivity contribution in [3.63, 3.8) is 0 Å². The number of benzene rings is 2. The second-order valence-electron chi connectivity index (χ2n) is 5.34. The lowest BCUT2D eigenvalue weighted by Crippen LogP contribution is -2.35. The summed E-state index contributed by atoms with van der Waals surface area (Å²) in [6, 6.07) is 11.9. The third-order valence-electron chi connectivity index (χ3n) is 3.84. The Bertz CT molecular complexity index is 621. The molecule has 1 atom stereocenters. The van der Waals surface area contributed by atoms with Gasteiger partial charge in [-0.3, -0.25) is 4.79 Å². The average molecular weight is 270 g/mol. The summed E-state index contributed by atoms with van der Waals surface area (Å²) in [6.07, 6.45) is 2.06. The number of hydrogen-bond donors (Lipinski definition) is 1. The number of nitrogen functional groups attached to an aromatic ring is 1. The first-order valence-electron chi connectivity index (χ1n) is 7.10. The van der Waals surface area contributed by atoms with Crippen LogP contribution in [0.5, 0.6) is 0 Å². The van der Waals surface area contributed by atoms with Crippen LogP contribution >= 0.6 is 0 Å². The van der Waals surface area contributed by atoms with Crippen molar-refractivity contribution in [1.29, 1.82) is 0 Å². The normalized spacial score (nSPS) is 12.3. The van der Waals surface area contributed by atoms with Gasteiger partial charge >= 0.3 is 0 Å². The minimum atomic E-state index is -0.00537. The van der Waals surface area contributed by atoms with Crippen LogP contribution in [0.4, 0.5) is 5.69 Å². The van der Waals surface area contributed by atoms with Gasteiger partial charge in [0.15, 0.2) is 0 Å². The first-order chi connectivity index (χ1) is 9.54. The van der Waals surface area contributed by atoms with E-state index in [0.717, 1.165) is 23.6 Å². The Labute approximate surface area is 120 Å². The summed E-state index contributed by atoms with van der Waals surface area (Å²) in [5.41, 5.74) is 7.19.